The normalized spacial score (nSPS) is 13.3. The van der Waals surface area contributed by atoms with Crippen LogP contribution in [0.5, 0.6) is 0 Å². The van der Waals surface area contributed by atoms with E-state index >= 15 is 0 Å². The number of anilines is 1. The molecule has 0 saturated carbocycles. The van der Waals surface area contributed by atoms with E-state index in [1.165, 1.54) is 0 Å². The molecule has 1 atom stereocenters. The van der Waals surface area contributed by atoms with Crippen LogP contribution in [0.3, 0.4) is 0 Å². The maximum Gasteiger partial charge on any atom is 0.405 e. The molecule has 0 aliphatic heterocycles. The van der Waals surface area contributed by atoms with E-state index in [9.17, 15) is 13.2 Å². The smallest absolute Gasteiger partial charge is 0.405 e. The van der Waals surface area contributed by atoms with Gasteiger partial charge in [0.1, 0.15) is 13.7 Å². The molecule has 0 fully saturated rings. The Labute approximate surface area is 163 Å². The van der Waals surface area contributed by atoms with Gasteiger partial charge in [-0.3, -0.25) is 4.72 Å². The molecule has 1 amide bonds. The Morgan fingerprint density at radius 2 is 1.93 bits per heavy atom. The van der Waals surface area contributed by atoms with Crippen molar-refractivity contribution in [3.8, 4) is 11.5 Å². The van der Waals surface area contributed by atoms with Crippen LogP contribution in [0.1, 0.15) is 44.2 Å². The molecule has 0 spiro atoms. The van der Waals surface area contributed by atoms with Crippen LogP contribution >= 0.6 is 0 Å². The number of hydrogen-bond donors (Lipinski definition) is 2. The molecule has 0 aromatic heterocycles. The quantitative estimate of drug-likeness (QED) is 0.552. The van der Waals surface area contributed by atoms with E-state index in [0.29, 0.717) is 17.7 Å². The summed E-state index contributed by atoms with van der Waals surface area (Å²) in [5.41, 5.74) is 9.78. The Hall–Kier alpha value is -1.98. The fourth-order valence-electron chi connectivity index (χ4n) is 2.68. The third-order valence-corrected chi connectivity index (χ3v) is 5.12. The number of carbonyl (C=O) groups is 1. The van der Waals surface area contributed by atoms with Crippen LogP contribution in [-0.4, -0.2) is 34.4 Å². The second kappa shape index (κ2) is 8.36. The summed E-state index contributed by atoms with van der Waals surface area (Å²) in [5, 5.41) is 0. The molecule has 0 bridgehead atoms. The van der Waals surface area contributed by atoms with Crippen LogP contribution in [0, 0.1) is 11.5 Å². The lowest BCUT2D eigenvalue weighted by molar-refractivity contribution is 0.0349. The Kier molecular flexibility index (Phi) is 7.14. The molecular weight excluding hydrogens is 380 g/mol. The lowest BCUT2D eigenvalue weighted by Crippen LogP contribution is -2.32. The summed E-state index contributed by atoms with van der Waals surface area (Å²) in [5.74, 6) is 3.20. The SMILES string of the molecule is CC(CC(C)(C)OC(N)=O)c1ccc(NS(C)(=O)=O)c(C#C[Si](C)(C)C)c1. The number of hydrogen-bond acceptors (Lipinski definition) is 4. The highest BCUT2D eigenvalue weighted by molar-refractivity contribution is 7.92. The first-order valence-corrected chi connectivity index (χ1v) is 14.1. The van der Waals surface area contributed by atoms with E-state index in [-0.39, 0.29) is 5.92 Å². The minimum Gasteiger partial charge on any atom is -0.444 e. The van der Waals surface area contributed by atoms with Gasteiger partial charge in [-0.15, -0.1) is 5.54 Å². The molecule has 27 heavy (non-hydrogen) atoms. The van der Waals surface area contributed by atoms with Crippen LogP contribution in [0.4, 0.5) is 10.5 Å². The van der Waals surface area contributed by atoms with E-state index in [1.807, 2.05) is 19.1 Å². The lowest BCUT2D eigenvalue weighted by Gasteiger charge is -2.27. The molecule has 6 nitrogen and oxygen atoms in total. The molecule has 1 aromatic rings. The monoisotopic (exact) mass is 410 g/mol. The van der Waals surface area contributed by atoms with Gasteiger partial charge >= 0.3 is 6.09 Å². The van der Waals surface area contributed by atoms with Crippen molar-refractivity contribution < 1.29 is 17.9 Å². The Balaban J connectivity index is 3.26. The Morgan fingerprint density at radius 3 is 2.41 bits per heavy atom. The second-order valence-electron chi connectivity index (χ2n) is 8.47. The van der Waals surface area contributed by atoms with Crippen molar-refractivity contribution in [3.63, 3.8) is 0 Å². The second-order valence-corrected chi connectivity index (χ2v) is 15.0. The predicted molar refractivity (Wildman–Crippen MR) is 113 cm³/mol. The van der Waals surface area contributed by atoms with Gasteiger partial charge in [-0.05, 0) is 43.9 Å². The number of rotatable bonds is 6. The molecule has 0 aliphatic rings. The standard InChI is InChI=1S/C19H30N2O4SSi/c1-14(13-19(2,3)25-18(20)22)15-8-9-17(21-26(4,23)24)16(12-15)10-11-27(5,6)7/h8-9,12,14,21H,13H2,1-7H3,(H2,20,22). The number of amides is 1. The van der Waals surface area contributed by atoms with E-state index in [1.54, 1.807) is 19.9 Å². The van der Waals surface area contributed by atoms with Crippen molar-refractivity contribution in [1.29, 1.82) is 0 Å². The lowest BCUT2D eigenvalue weighted by atomic mass is 9.88. The zero-order valence-electron chi connectivity index (χ0n) is 17.1. The van der Waals surface area contributed by atoms with Crippen LogP contribution in [0.15, 0.2) is 18.2 Å². The molecule has 0 saturated heterocycles. The van der Waals surface area contributed by atoms with E-state index in [0.717, 1.165) is 11.8 Å². The van der Waals surface area contributed by atoms with Crippen molar-refractivity contribution in [2.75, 3.05) is 11.0 Å². The number of nitrogens with one attached hydrogen (secondary N) is 1. The third-order valence-electron chi connectivity index (χ3n) is 3.65. The summed E-state index contributed by atoms with van der Waals surface area (Å²) >= 11 is 0. The molecule has 0 aliphatic carbocycles. The summed E-state index contributed by atoms with van der Waals surface area (Å²) < 4.78 is 31.0. The van der Waals surface area contributed by atoms with Gasteiger partial charge in [-0.25, -0.2) is 13.2 Å². The van der Waals surface area contributed by atoms with Crippen molar-refractivity contribution in [1.82, 2.24) is 0 Å². The van der Waals surface area contributed by atoms with Gasteiger partial charge in [0.15, 0.2) is 0 Å². The van der Waals surface area contributed by atoms with Gasteiger partial charge in [-0.2, -0.15) is 0 Å². The molecule has 1 aromatic carbocycles. The number of carbonyl (C=O) groups excluding carboxylic acids is 1. The van der Waals surface area contributed by atoms with Gasteiger partial charge in [0.2, 0.25) is 10.0 Å². The zero-order chi connectivity index (χ0) is 21.0. The number of sulfonamides is 1. The predicted octanol–water partition coefficient (Wildman–Crippen LogP) is 3.65. The van der Waals surface area contributed by atoms with Crippen LogP contribution in [0.25, 0.3) is 0 Å². The van der Waals surface area contributed by atoms with Gasteiger partial charge in [-0.1, -0.05) is 38.6 Å². The molecule has 150 valence electrons. The zero-order valence-corrected chi connectivity index (χ0v) is 19.0. The molecule has 0 heterocycles. The van der Waals surface area contributed by atoms with Crippen molar-refractivity contribution in [3.05, 3.63) is 29.3 Å². The molecule has 1 rings (SSSR count). The molecule has 3 N–H and O–H groups in total. The first-order chi connectivity index (χ1) is 12.1. The van der Waals surface area contributed by atoms with E-state index in [2.05, 4.69) is 35.8 Å². The van der Waals surface area contributed by atoms with E-state index in [4.69, 9.17) is 10.5 Å². The summed E-state index contributed by atoms with van der Waals surface area (Å²) in [6.45, 7) is 12.0. The highest BCUT2D eigenvalue weighted by Gasteiger charge is 2.25. The molecule has 1 unspecified atom stereocenters. The summed E-state index contributed by atoms with van der Waals surface area (Å²) in [7, 11) is -5.04. The maximum atomic E-state index is 11.7. The minimum atomic E-state index is -3.41. The van der Waals surface area contributed by atoms with Gasteiger partial charge < -0.3 is 10.5 Å². The highest BCUT2D eigenvalue weighted by atomic mass is 32.2. The fourth-order valence-corrected chi connectivity index (χ4v) is 3.77. The average Bonchev–Trinajstić information content (AvgIpc) is 2.41. The van der Waals surface area contributed by atoms with E-state index < -0.39 is 29.8 Å². The first kappa shape index (κ1) is 23.1. The van der Waals surface area contributed by atoms with Crippen molar-refractivity contribution in [2.45, 2.75) is 58.4 Å². The van der Waals surface area contributed by atoms with Crippen molar-refractivity contribution in [2.24, 2.45) is 5.73 Å². The van der Waals surface area contributed by atoms with Gasteiger partial charge in [0.05, 0.1) is 11.9 Å². The number of primary amides is 1. The van der Waals surface area contributed by atoms with Crippen LogP contribution in [0.2, 0.25) is 19.6 Å². The van der Waals surface area contributed by atoms with Crippen LogP contribution < -0.4 is 10.5 Å². The summed E-state index contributed by atoms with van der Waals surface area (Å²) in [6, 6.07) is 5.48. The number of nitrogens with two attached hydrogens (primary N) is 1. The Morgan fingerprint density at radius 1 is 1.33 bits per heavy atom. The maximum absolute atomic E-state index is 11.7. The molecular formula is C19H30N2O4SSi. The van der Waals surface area contributed by atoms with Crippen molar-refractivity contribution >= 4 is 29.9 Å². The minimum absolute atomic E-state index is 0.0547. The van der Waals surface area contributed by atoms with Gasteiger partial charge in [0, 0.05) is 5.56 Å². The van der Waals surface area contributed by atoms with Gasteiger partial charge in [0.25, 0.3) is 0 Å². The Bertz CT molecular complexity index is 862. The molecule has 0 radical (unpaired) electrons. The fraction of sp³-hybridized carbons (Fsp3) is 0.526. The summed E-state index contributed by atoms with van der Waals surface area (Å²) in [6.07, 6.45) is 0.875. The molecule has 8 heteroatoms. The summed E-state index contributed by atoms with van der Waals surface area (Å²) in [4.78, 5) is 11.1. The van der Waals surface area contributed by atoms with Crippen LogP contribution in [-0.2, 0) is 14.8 Å². The number of ether oxygens (including phenoxy) is 1. The third kappa shape index (κ3) is 8.97. The number of benzene rings is 1. The largest absolute Gasteiger partial charge is 0.444 e. The first-order valence-electron chi connectivity index (χ1n) is 8.71. The highest BCUT2D eigenvalue weighted by Crippen LogP contribution is 2.30. The topological polar surface area (TPSA) is 98.5 Å². The average molecular weight is 411 g/mol.